The summed E-state index contributed by atoms with van der Waals surface area (Å²) in [6.07, 6.45) is -5.00. The number of benzene rings is 1. The molecule has 3 rings (SSSR count). The van der Waals surface area contributed by atoms with E-state index in [2.05, 4.69) is 15.0 Å². The zero-order chi connectivity index (χ0) is 26.6. The maximum Gasteiger partial charge on any atom is 0.434 e. The zero-order valence-electron chi connectivity index (χ0n) is 18.6. The Morgan fingerprint density at radius 2 is 1.92 bits per heavy atom. The number of nitrogens with one attached hydrogen (secondary N) is 1. The minimum atomic E-state index is -5.00. The molecule has 1 fully saturated rings. The first kappa shape index (κ1) is 26.1. The van der Waals surface area contributed by atoms with Crippen LogP contribution in [0.5, 0.6) is 0 Å². The number of aromatic nitrogens is 1. The van der Waals surface area contributed by atoms with Crippen LogP contribution >= 0.6 is 0 Å². The van der Waals surface area contributed by atoms with Gasteiger partial charge < -0.3 is 19.9 Å². The van der Waals surface area contributed by atoms with Gasteiger partial charge in [0.05, 0.1) is 22.7 Å². The van der Waals surface area contributed by atoms with Gasteiger partial charge in [-0.1, -0.05) is 0 Å². The summed E-state index contributed by atoms with van der Waals surface area (Å²) in [7, 11) is 0. The molecular formula is C21H18F4N6O5. The number of anilines is 2. The molecule has 0 aliphatic carbocycles. The number of carbonyl (C=O) groups is 2. The highest BCUT2D eigenvalue weighted by atomic mass is 19.4. The summed E-state index contributed by atoms with van der Waals surface area (Å²) in [5, 5.41) is 22.7. The van der Waals surface area contributed by atoms with Crippen LogP contribution in [-0.4, -0.2) is 59.6 Å². The number of amides is 2. The fourth-order valence-electron chi connectivity index (χ4n) is 3.46. The van der Waals surface area contributed by atoms with Crippen molar-refractivity contribution in [2.24, 2.45) is 0 Å². The van der Waals surface area contributed by atoms with Crippen molar-refractivity contribution in [1.29, 1.82) is 5.26 Å². The molecule has 11 nitrogen and oxygen atoms in total. The second kappa shape index (κ2) is 10.4. The first-order valence-electron chi connectivity index (χ1n) is 10.4. The molecule has 2 aromatic rings. The molecule has 1 saturated heterocycles. The van der Waals surface area contributed by atoms with Crippen molar-refractivity contribution in [3.05, 3.63) is 57.0 Å². The lowest BCUT2D eigenvalue weighted by Gasteiger charge is -2.36. The van der Waals surface area contributed by atoms with Gasteiger partial charge in [-0.05, 0) is 25.1 Å². The molecule has 2 heterocycles. The number of rotatable bonds is 5. The molecule has 36 heavy (non-hydrogen) atoms. The second-order valence-electron chi connectivity index (χ2n) is 7.41. The number of carbonyl (C=O) groups excluding carboxylic acids is 2. The average molecular weight is 510 g/mol. The Morgan fingerprint density at radius 1 is 1.25 bits per heavy atom. The Morgan fingerprint density at radius 3 is 2.47 bits per heavy atom. The average Bonchev–Trinajstić information content (AvgIpc) is 2.83. The van der Waals surface area contributed by atoms with Crippen molar-refractivity contribution < 1.29 is 36.8 Å². The number of nitrogens with zero attached hydrogens (tertiary/aromatic N) is 5. The van der Waals surface area contributed by atoms with Gasteiger partial charge in [0.1, 0.15) is 11.9 Å². The van der Waals surface area contributed by atoms with Gasteiger partial charge in [0.2, 0.25) is 5.82 Å². The first-order valence-corrected chi connectivity index (χ1v) is 10.4. The van der Waals surface area contributed by atoms with Gasteiger partial charge in [-0.15, -0.1) is 0 Å². The molecule has 0 unspecified atom stereocenters. The van der Waals surface area contributed by atoms with Gasteiger partial charge in [-0.25, -0.2) is 14.6 Å². The summed E-state index contributed by atoms with van der Waals surface area (Å²) < 4.78 is 59.0. The molecule has 1 N–H and O–H groups in total. The number of nitriles is 1. The van der Waals surface area contributed by atoms with Crippen LogP contribution in [0.4, 0.5) is 39.5 Å². The predicted molar refractivity (Wildman–Crippen MR) is 116 cm³/mol. The number of nitro benzene ring substituents is 1. The number of halogens is 4. The van der Waals surface area contributed by atoms with E-state index in [1.165, 1.54) is 16.7 Å². The van der Waals surface area contributed by atoms with Crippen molar-refractivity contribution in [1.82, 2.24) is 9.88 Å². The van der Waals surface area contributed by atoms with Gasteiger partial charge in [0, 0.05) is 37.9 Å². The van der Waals surface area contributed by atoms with E-state index in [-0.39, 0.29) is 49.9 Å². The van der Waals surface area contributed by atoms with E-state index in [9.17, 15) is 42.5 Å². The normalized spacial score (nSPS) is 13.7. The lowest BCUT2D eigenvalue weighted by Crippen LogP contribution is -2.50. The third kappa shape index (κ3) is 5.59. The fraction of sp³-hybridized carbons (Fsp3) is 0.333. The van der Waals surface area contributed by atoms with Crippen LogP contribution < -0.4 is 10.2 Å². The van der Waals surface area contributed by atoms with Gasteiger partial charge in [-0.2, -0.15) is 22.8 Å². The number of piperazine rings is 1. The topological polar surface area (TPSA) is 142 Å². The summed E-state index contributed by atoms with van der Waals surface area (Å²) in [4.78, 5) is 40.7. The zero-order valence-corrected chi connectivity index (χ0v) is 18.6. The number of nitro groups is 1. The van der Waals surface area contributed by atoms with Gasteiger partial charge >= 0.3 is 23.9 Å². The highest BCUT2D eigenvalue weighted by Crippen LogP contribution is 2.34. The van der Waals surface area contributed by atoms with E-state index in [1.54, 1.807) is 6.07 Å². The van der Waals surface area contributed by atoms with E-state index < -0.39 is 45.9 Å². The van der Waals surface area contributed by atoms with E-state index in [0.29, 0.717) is 0 Å². The van der Waals surface area contributed by atoms with Gasteiger partial charge in [0.15, 0.2) is 5.69 Å². The predicted octanol–water partition coefficient (Wildman–Crippen LogP) is 3.55. The quantitative estimate of drug-likeness (QED) is 0.279. The minimum Gasteiger partial charge on any atom is -0.462 e. The molecule has 0 radical (unpaired) electrons. The fourth-order valence-corrected chi connectivity index (χ4v) is 3.46. The van der Waals surface area contributed by atoms with Crippen LogP contribution in [0, 0.1) is 27.3 Å². The molecule has 2 amide bonds. The second-order valence-corrected chi connectivity index (χ2v) is 7.41. The SMILES string of the molecule is CCOC(=O)c1cc(C#N)c(N2CCN(C(=O)Nc3ccc(F)c([N+](=O)[O-])c3)CC2)nc1C(F)(F)F. The number of urea groups is 1. The van der Waals surface area contributed by atoms with Crippen LogP contribution in [0.1, 0.15) is 28.5 Å². The van der Waals surface area contributed by atoms with Crippen LogP contribution in [-0.2, 0) is 10.9 Å². The number of hydrogen-bond acceptors (Lipinski definition) is 8. The number of esters is 1. The van der Waals surface area contributed by atoms with Crippen molar-refractivity contribution in [3.8, 4) is 6.07 Å². The van der Waals surface area contributed by atoms with E-state index in [4.69, 9.17) is 0 Å². The lowest BCUT2D eigenvalue weighted by molar-refractivity contribution is -0.387. The Kier molecular flexibility index (Phi) is 7.56. The maximum absolute atomic E-state index is 13.6. The number of alkyl halides is 3. The minimum absolute atomic E-state index is 0.00263. The Balaban J connectivity index is 1.78. The standard InChI is InChI=1S/C21H18F4N6O5/c1-2-36-19(32)14-9-12(11-26)18(28-17(14)21(23,24)25)29-5-7-30(8-6-29)20(33)27-13-3-4-15(22)16(10-13)31(34)35/h3-4,9-10H,2,5-8H2,1H3,(H,27,33). The molecular weight excluding hydrogens is 492 g/mol. The molecule has 0 saturated carbocycles. The van der Waals surface area contributed by atoms with E-state index in [0.717, 1.165) is 24.3 Å². The highest BCUT2D eigenvalue weighted by Gasteiger charge is 2.40. The molecule has 1 aromatic heterocycles. The largest absolute Gasteiger partial charge is 0.462 e. The third-order valence-electron chi connectivity index (χ3n) is 5.15. The van der Waals surface area contributed by atoms with Crippen LogP contribution in [0.15, 0.2) is 24.3 Å². The monoisotopic (exact) mass is 510 g/mol. The van der Waals surface area contributed by atoms with Crippen molar-refractivity contribution in [3.63, 3.8) is 0 Å². The summed E-state index contributed by atoms with van der Waals surface area (Å²) in [6.45, 7) is 1.24. The summed E-state index contributed by atoms with van der Waals surface area (Å²) in [5.41, 5.74) is -3.49. The highest BCUT2D eigenvalue weighted by molar-refractivity contribution is 5.92. The molecule has 1 aromatic carbocycles. The molecule has 0 spiro atoms. The third-order valence-corrected chi connectivity index (χ3v) is 5.15. The van der Waals surface area contributed by atoms with E-state index in [1.807, 2.05) is 0 Å². The summed E-state index contributed by atoms with van der Waals surface area (Å²) in [5.74, 6) is -2.63. The molecule has 0 atom stereocenters. The maximum atomic E-state index is 13.6. The van der Waals surface area contributed by atoms with Crippen LogP contribution in [0.3, 0.4) is 0 Å². The smallest absolute Gasteiger partial charge is 0.434 e. The van der Waals surface area contributed by atoms with Crippen molar-refractivity contribution >= 4 is 29.2 Å². The van der Waals surface area contributed by atoms with Crippen LogP contribution in [0.25, 0.3) is 0 Å². The summed E-state index contributed by atoms with van der Waals surface area (Å²) >= 11 is 0. The molecule has 15 heteroatoms. The Hall–Kier alpha value is -4.48. The Bertz CT molecular complexity index is 1240. The Labute approximate surface area is 201 Å². The van der Waals surface area contributed by atoms with Crippen LogP contribution in [0.2, 0.25) is 0 Å². The number of pyridine rings is 1. The molecule has 0 bridgehead atoms. The number of hydrogen-bond donors (Lipinski definition) is 1. The molecule has 1 aliphatic rings. The van der Waals surface area contributed by atoms with E-state index >= 15 is 0 Å². The molecule has 190 valence electrons. The van der Waals surface area contributed by atoms with Crippen molar-refractivity contribution in [2.75, 3.05) is 43.0 Å². The van der Waals surface area contributed by atoms with Gasteiger partial charge in [0.25, 0.3) is 0 Å². The lowest BCUT2D eigenvalue weighted by atomic mass is 10.1. The summed E-state index contributed by atoms with van der Waals surface area (Å²) in [6, 6.07) is 4.68. The van der Waals surface area contributed by atoms with Crippen molar-refractivity contribution in [2.45, 2.75) is 13.1 Å². The number of ether oxygens (including phenoxy) is 1. The van der Waals surface area contributed by atoms with Gasteiger partial charge in [-0.3, -0.25) is 10.1 Å². The first-order chi connectivity index (χ1) is 17.0. The molecule has 1 aliphatic heterocycles.